The largest absolute Gasteiger partial charge is 0.378 e. The van der Waals surface area contributed by atoms with Gasteiger partial charge < -0.3 is 20.3 Å². The highest BCUT2D eigenvalue weighted by Crippen LogP contribution is 2.26. The second-order valence-corrected chi connectivity index (χ2v) is 6.39. The molecule has 1 aliphatic rings. The van der Waals surface area contributed by atoms with E-state index in [2.05, 4.69) is 35.4 Å². The molecule has 1 heterocycles. The lowest BCUT2D eigenvalue weighted by Crippen LogP contribution is -2.37. The highest BCUT2D eigenvalue weighted by molar-refractivity contribution is 5.96. The van der Waals surface area contributed by atoms with Crippen molar-refractivity contribution in [3.63, 3.8) is 0 Å². The van der Waals surface area contributed by atoms with E-state index in [4.69, 9.17) is 4.74 Å². The van der Waals surface area contributed by atoms with Crippen molar-refractivity contribution in [3.8, 4) is 0 Å². The fourth-order valence-corrected chi connectivity index (χ4v) is 3.11. The molecule has 0 aliphatic carbocycles. The SMILES string of the molecule is Cc1cc(C)cc(NCC(=O)Nc2ccccc2N2CCOCC2)c1. The van der Waals surface area contributed by atoms with Gasteiger partial charge in [-0.25, -0.2) is 0 Å². The maximum Gasteiger partial charge on any atom is 0.243 e. The number of anilines is 3. The number of nitrogens with one attached hydrogen (secondary N) is 2. The van der Waals surface area contributed by atoms with Gasteiger partial charge in [-0.2, -0.15) is 0 Å². The summed E-state index contributed by atoms with van der Waals surface area (Å²) in [6.07, 6.45) is 0. The minimum Gasteiger partial charge on any atom is -0.378 e. The standard InChI is InChI=1S/C20H25N3O2/c1-15-11-16(2)13-17(12-15)21-14-20(24)22-18-5-3-4-6-19(18)23-7-9-25-10-8-23/h3-6,11-13,21H,7-10,14H2,1-2H3,(H,22,24). The highest BCUT2D eigenvalue weighted by atomic mass is 16.5. The van der Waals surface area contributed by atoms with Crippen molar-refractivity contribution in [3.05, 3.63) is 53.6 Å². The molecule has 2 aromatic carbocycles. The Morgan fingerprint density at radius 3 is 2.48 bits per heavy atom. The van der Waals surface area contributed by atoms with E-state index in [9.17, 15) is 4.79 Å². The number of hydrogen-bond donors (Lipinski definition) is 2. The Labute approximate surface area is 149 Å². The summed E-state index contributed by atoms with van der Waals surface area (Å²) in [5, 5.41) is 6.22. The summed E-state index contributed by atoms with van der Waals surface area (Å²) in [4.78, 5) is 14.6. The number of carbonyl (C=O) groups is 1. The number of morpholine rings is 1. The Kier molecular flexibility index (Phi) is 5.56. The molecule has 0 aromatic heterocycles. The van der Waals surface area contributed by atoms with Crippen LogP contribution in [0.4, 0.5) is 17.1 Å². The summed E-state index contributed by atoms with van der Waals surface area (Å²) in [6, 6.07) is 14.1. The number of amides is 1. The van der Waals surface area contributed by atoms with Gasteiger partial charge in [-0.15, -0.1) is 0 Å². The molecule has 0 saturated carbocycles. The number of ether oxygens (including phenoxy) is 1. The van der Waals surface area contributed by atoms with Crippen LogP contribution in [0.3, 0.4) is 0 Å². The normalized spacial score (nSPS) is 14.2. The first-order valence-electron chi connectivity index (χ1n) is 8.65. The van der Waals surface area contributed by atoms with Crippen LogP contribution in [0.15, 0.2) is 42.5 Å². The van der Waals surface area contributed by atoms with Crippen LogP contribution in [0.2, 0.25) is 0 Å². The van der Waals surface area contributed by atoms with Gasteiger partial charge in [-0.05, 0) is 49.2 Å². The van der Waals surface area contributed by atoms with Gasteiger partial charge in [0.1, 0.15) is 0 Å². The molecule has 132 valence electrons. The molecule has 0 unspecified atom stereocenters. The average Bonchev–Trinajstić information content (AvgIpc) is 2.60. The molecule has 2 N–H and O–H groups in total. The molecule has 25 heavy (non-hydrogen) atoms. The van der Waals surface area contributed by atoms with Crippen LogP contribution in [0.1, 0.15) is 11.1 Å². The van der Waals surface area contributed by atoms with Crippen LogP contribution in [0.5, 0.6) is 0 Å². The number of benzene rings is 2. The molecular weight excluding hydrogens is 314 g/mol. The lowest BCUT2D eigenvalue weighted by molar-refractivity contribution is -0.114. The molecule has 1 amide bonds. The first kappa shape index (κ1) is 17.3. The predicted molar refractivity (Wildman–Crippen MR) is 103 cm³/mol. The summed E-state index contributed by atoms with van der Waals surface area (Å²) in [7, 11) is 0. The van der Waals surface area contributed by atoms with Crippen LogP contribution < -0.4 is 15.5 Å². The molecule has 2 aromatic rings. The van der Waals surface area contributed by atoms with Gasteiger partial charge in [0.05, 0.1) is 31.1 Å². The van der Waals surface area contributed by atoms with Crippen LogP contribution >= 0.6 is 0 Å². The van der Waals surface area contributed by atoms with Gasteiger partial charge in [0.15, 0.2) is 0 Å². The fraction of sp³-hybridized carbons (Fsp3) is 0.350. The maximum absolute atomic E-state index is 12.4. The van der Waals surface area contributed by atoms with Gasteiger partial charge in [0.25, 0.3) is 0 Å². The molecular formula is C20H25N3O2. The van der Waals surface area contributed by atoms with E-state index in [0.717, 1.165) is 43.4 Å². The van der Waals surface area contributed by atoms with Crippen molar-refractivity contribution in [1.29, 1.82) is 0 Å². The van der Waals surface area contributed by atoms with Crippen molar-refractivity contribution in [2.45, 2.75) is 13.8 Å². The van der Waals surface area contributed by atoms with Crippen LogP contribution in [0.25, 0.3) is 0 Å². The monoisotopic (exact) mass is 339 g/mol. The minimum atomic E-state index is -0.0557. The molecule has 0 atom stereocenters. The van der Waals surface area contributed by atoms with Gasteiger partial charge in [0, 0.05) is 18.8 Å². The number of carbonyl (C=O) groups excluding carboxylic acids is 1. The molecule has 5 heteroatoms. The Hall–Kier alpha value is -2.53. The zero-order chi connectivity index (χ0) is 17.6. The molecule has 1 fully saturated rings. The minimum absolute atomic E-state index is 0.0557. The molecule has 1 aliphatic heterocycles. The van der Waals surface area contributed by atoms with Crippen LogP contribution in [-0.2, 0) is 9.53 Å². The second-order valence-electron chi connectivity index (χ2n) is 6.39. The molecule has 1 saturated heterocycles. The van der Waals surface area contributed by atoms with E-state index in [1.807, 2.05) is 36.4 Å². The lowest BCUT2D eigenvalue weighted by Gasteiger charge is -2.30. The van der Waals surface area contributed by atoms with Crippen molar-refractivity contribution in [2.75, 3.05) is 48.4 Å². The molecule has 5 nitrogen and oxygen atoms in total. The third-order valence-corrected chi connectivity index (χ3v) is 4.20. The summed E-state index contributed by atoms with van der Waals surface area (Å²) in [5.41, 5.74) is 5.22. The van der Waals surface area contributed by atoms with Crippen molar-refractivity contribution < 1.29 is 9.53 Å². The predicted octanol–water partition coefficient (Wildman–Crippen LogP) is 3.19. The van der Waals surface area contributed by atoms with E-state index in [1.54, 1.807) is 0 Å². The Balaban J connectivity index is 1.63. The maximum atomic E-state index is 12.4. The van der Waals surface area contributed by atoms with Crippen molar-refractivity contribution in [2.24, 2.45) is 0 Å². The first-order valence-corrected chi connectivity index (χ1v) is 8.65. The van der Waals surface area contributed by atoms with Crippen molar-refractivity contribution >= 4 is 23.0 Å². The average molecular weight is 339 g/mol. The molecule has 0 bridgehead atoms. The topological polar surface area (TPSA) is 53.6 Å². The summed E-state index contributed by atoms with van der Waals surface area (Å²) < 4.78 is 5.41. The zero-order valence-corrected chi connectivity index (χ0v) is 14.8. The van der Waals surface area contributed by atoms with Crippen LogP contribution in [0, 0.1) is 13.8 Å². The number of aryl methyl sites for hydroxylation is 2. The molecule has 0 spiro atoms. The first-order chi connectivity index (χ1) is 12.1. The number of nitrogens with zero attached hydrogens (tertiary/aromatic N) is 1. The van der Waals surface area contributed by atoms with E-state index >= 15 is 0 Å². The van der Waals surface area contributed by atoms with Gasteiger partial charge in [-0.3, -0.25) is 4.79 Å². The Morgan fingerprint density at radius 2 is 1.76 bits per heavy atom. The Morgan fingerprint density at radius 1 is 1.08 bits per heavy atom. The number of rotatable bonds is 5. The number of para-hydroxylation sites is 2. The third-order valence-electron chi connectivity index (χ3n) is 4.20. The fourth-order valence-electron chi connectivity index (χ4n) is 3.11. The van der Waals surface area contributed by atoms with Crippen LogP contribution in [-0.4, -0.2) is 38.8 Å². The zero-order valence-electron chi connectivity index (χ0n) is 14.8. The van der Waals surface area contributed by atoms with Crippen molar-refractivity contribution in [1.82, 2.24) is 0 Å². The van der Waals surface area contributed by atoms with E-state index in [-0.39, 0.29) is 12.5 Å². The molecule has 3 rings (SSSR count). The van der Waals surface area contributed by atoms with Gasteiger partial charge in [0.2, 0.25) is 5.91 Å². The van der Waals surface area contributed by atoms with E-state index in [1.165, 1.54) is 11.1 Å². The number of hydrogen-bond acceptors (Lipinski definition) is 4. The third kappa shape index (κ3) is 4.73. The summed E-state index contributed by atoms with van der Waals surface area (Å²) >= 11 is 0. The van der Waals surface area contributed by atoms with E-state index in [0.29, 0.717) is 0 Å². The van der Waals surface area contributed by atoms with Gasteiger partial charge in [-0.1, -0.05) is 18.2 Å². The summed E-state index contributed by atoms with van der Waals surface area (Å²) in [5.74, 6) is -0.0557. The summed E-state index contributed by atoms with van der Waals surface area (Å²) in [6.45, 7) is 7.46. The lowest BCUT2D eigenvalue weighted by atomic mass is 10.1. The Bertz CT molecular complexity index is 719. The quantitative estimate of drug-likeness (QED) is 0.878. The van der Waals surface area contributed by atoms with Gasteiger partial charge >= 0.3 is 0 Å². The highest BCUT2D eigenvalue weighted by Gasteiger charge is 2.15. The smallest absolute Gasteiger partial charge is 0.243 e. The molecule has 0 radical (unpaired) electrons. The second kappa shape index (κ2) is 8.03. The van der Waals surface area contributed by atoms with E-state index < -0.39 is 0 Å².